The van der Waals surface area contributed by atoms with Gasteiger partial charge in [-0.3, -0.25) is 24.7 Å². The molecule has 6 rings (SSSR count). The first-order chi connectivity index (χ1) is 18.4. The molecule has 0 saturated carbocycles. The largest absolute Gasteiger partial charge is 0.321 e. The number of rotatable bonds is 7. The van der Waals surface area contributed by atoms with Crippen molar-refractivity contribution in [3.05, 3.63) is 77.7 Å². The third-order valence-corrected chi connectivity index (χ3v) is 7.38. The number of carbonyl (C=O) groups is 1. The summed E-state index contributed by atoms with van der Waals surface area (Å²) in [7, 11) is 0. The minimum absolute atomic E-state index is 0.106. The molecule has 2 aromatic carbocycles. The zero-order chi connectivity index (χ0) is 26.1. The molecule has 0 spiro atoms. The number of likely N-dealkylation sites (tertiary alicyclic amines) is 2. The molecule has 38 heavy (non-hydrogen) atoms. The predicted molar refractivity (Wildman–Crippen MR) is 143 cm³/mol. The first-order valence-corrected chi connectivity index (χ1v) is 13.1. The molecular weight excluding hydrogens is 486 g/mol. The van der Waals surface area contributed by atoms with E-state index >= 15 is 0 Å². The van der Waals surface area contributed by atoms with Crippen LogP contribution in [0, 0.1) is 0 Å². The van der Waals surface area contributed by atoms with Gasteiger partial charge in [-0.05, 0) is 73.0 Å². The van der Waals surface area contributed by atoms with Crippen LogP contribution in [0.4, 0.5) is 14.5 Å². The number of nitrogens with zero attached hydrogens (tertiary/aromatic N) is 4. The van der Waals surface area contributed by atoms with Crippen LogP contribution in [0.1, 0.15) is 40.9 Å². The van der Waals surface area contributed by atoms with Crippen molar-refractivity contribution in [2.75, 3.05) is 31.5 Å². The van der Waals surface area contributed by atoms with E-state index in [1.54, 1.807) is 17.3 Å². The van der Waals surface area contributed by atoms with Crippen LogP contribution < -0.4 is 5.32 Å². The average molecular weight is 517 g/mol. The van der Waals surface area contributed by atoms with Crippen molar-refractivity contribution < 1.29 is 13.6 Å². The number of benzene rings is 2. The number of nitrogens with one attached hydrogen (secondary N) is 2. The van der Waals surface area contributed by atoms with Crippen LogP contribution in [0.15, 0.2) is 60.9 Å². The summed E-state index contributed by atoms with van der Waals surface area (Å²) in [5, 5.41) is 10.9. The summed E-state index contributed by atoms with van der Waals surface area (Å²) in [4.78, 5) is 21.7. The van der Waals surface area contributed by atoms with Crippen LogP contribution in [-0.4, -0.2) is 63.0 Å². The minimum atomic E-state index is -2.62. The smallest absolute Gasteiger partial charge is 0.276 e. The maximum atomic E-state index is 13.6. The van der Waals surface area contributed by atoms with Gasteiger partial charge in [-0.2, -0.15) is 5.10 Å². The number of fused-ring (bicyclic) bond motifs is 1. The lowest BCUT2D eigenvalue weighted by Gasteiger charge is -2.15. The average Bonchev–Trinajstić information content (AvgIpc) is 3.65. The number of alkyl halides is 2. The van der Waals surface area contributed by atoms with E-state index in [2.05, 4.69) is 37.5 Å². The molecule has 2 aromatic heterocycles. The van der Waals surface area contributed by atoms with E-state index in [9.17, 15) is 13.6 Å². The van der Waals surface area contributed by atoms with E-state index in [1.165, 1.54) is 18.4 Å². The van der Waals surface area contributed by atoms with E-state index in [-0.39, 0.29) is 18.9 Å². The Hall–Kier alpha value is -3.69. The van der Waals surface area contributed by atoms with Gasteiger partial charge in [0.15, 0.2) is 5.69 Å². The number of aromatic nitrogens is 3. The van der Waals surface area contributed by atoms with Crippen molar-refractivity contribution in [3.8, 4) is 11.1 Å². The molecule has 4 aromatic rings. The molecule has 2 fully saturated rings. The van der Waals surface area contributed by atoms with Gasteiger partial charge in [0.05, 0.1) is 12.1 Å². The number of halogens is 2. The molecule has 7 nitrogen and oxygen atoms in total. The van der Waals surface area contributed by atoms with Gasteiger partial charge in [-0.15, -0.1) is 0 Å². The highest BCUT2D eigenvalue weighted by Gasteiger charge is 2.37. The highest BCUT2D eigenvalue weighted by atomic mass is 19.3. The van der Waals surface area contributed by atoms with E-state index < -0.39 is 5.92 Å². The number of pyridine rings is 1. The van der Waals surface area contributed by atoms with Gasteiger partial charge in [0, 0.05) is 55.1 Å². The Morgan fingerprint density at radius 3 is 2.47 bits per heavy atom. The standard InChI is InChI=1S/C29H30F2N6O/c30-29(31)9-12-37(19-29)18-21-13-23(16-32-15-21)22-5-8-26-25(14-22)27(35-34-26)28(38)33-24-6-3-20(4-7-24)17-36-10-1-2-11-36/h3-8,13-16H,1-2,9-12,17-19H2,(H,33,38)(H,34,35). The number of carbonyl (C=O) groups excluding carboxylic acids is 1. The molecule has 2 aliphatic heterocycles. The summed E-state index contributed by atoms with van der Waals surface area (Å²) in [5.41, 5.74) is 5.62. The second kappa shape index (κ2) is 10.2. The lowest BCUT2D eigenvalue weighted by molar-refractivity contribution is 0.0115. The predicted octanol–water partition coefficient (Wildman–Crippen LogP) is 5.31. The molecule has 0 bridgehead atoms. The van der Waals surface area contributed by atoms with Gasteiger partial charge >= 0.3 is 0 Å². The normalized spacial score (nSPS) is 17.8. The zero-order valence-corrected chi connectivity index (χ0v) is 21.1. The van der Waals surface area contributed by atoms with Gasteiger partial charge in [-0.1, -0.05) is 18.2 Å². The number of hydrogen-bond acceptors (Lipinski definition) is 5. The molecular formula is C29H30F2N6O. The molecule has 2 saturated heterocycles. The van der Waals surface area contributed by atoms with Gasteiger partial charge < -0.3 is 5.32 Å². The summed E-state index contributed by atoms with van der Waals surface area (Å²) >= 11 is 0. The molecule has 4 heterocycles. The first-order valence-electron chi connectivity index (χ1n) is 13.1. The van der Waals surface area contributed by atoms with Crippen LogP contribution in [-0.2, 0) is 13.1 Å². The Morgan fingerprint density at radius 1 is 0.921 bits per heavy atom. The Balaban J connectivity index is 1.17. The number of H-pyrrole nitrogens is 1. The van der Waals surface area contributed by atoms with Crippen LogP contribution in [0.2, 0.25) is 0 Å². The number of hydrogen-bond donors (Lipinski definition) is 2. The Morgan fingerprint density at radius 2 is 1.71 bits per heavy atom. The highest BCUT2D eigenvalue weighted by molar-refractivity contribution is 6.11. The highest BCUT2D eigenvalue weighted by Crippen LogP contribution is 2.30. The van der Waals surface area contributed by atoms with Gasteiger partial charge in [0.25, 0.3) is 11.8 Å². The van der Waals surface area contributed by atoms with E-state index in [1.807, 2.05) is 36.4 Å². The molecule has 0 aliphatic carbocycles. The summed E-state index contributed by atoms with van der Waals surface area (Å²) in [6.45, 7) is 3.79. The van der Waals surface area contributed by atoms with E-state index in [4.69, 9.17) is 0 Å². The van der Waals surface area contributed by atoms with Crippen LogP contribution in [0.25, 0.3) is 22.0 Å². The fourth-order valence-corrected chi connectivity index (χ4v) is 5.38. The van der Waals surface area contributed by atoms with Gasteiger partial charge in [0.1, 0.15) is 0 Å². The molecule has 0 unspecified atom stereocenters. The third-order valence-electron chi connectivity index (χ3n) is 7.38. The Labute approximate surface area is 219 Å². The fraction of sp³-hybridized carbons (Fsp3) is 0.345. The van der Waals surface area contributed by atoms with Gasteiger partial charge in [-0.25, -0.2) is 8.78 Å². The van der Waals surface area contributed by atoms with Crippen LogP contribution in [0.5, 0.6) is 0 Å². The van der Waals surface area contributed by atoms with Crippen molar-refractivity contribution in [1.29, 1.82) is 0 Å². The van der Waals surface area contributed by atoms with Crippen molar-refractivity contribution in [3.63, 3.8) is 0 Å². The number of anilines is 1. The number of amides is 1. The molecule has 2 N–H and O–H groups in total. The Kier molecular flexibility index (Phi) is 6.63. The monoisotopic (exact) mass is 516 g/mol. The summed E-state index contributed by atoms with van der Waals surface area (Å²) in [6.07, 6.45) is 5.87. The lowest BCUT2D eigenvalue weighted by Crippen LogP contribution is -2.24. The number of aromatic amines is 1. The quantitative estimate of drug-likeness (QED) is 0.348. The van der Waals surface area contributed by atoms with Gasteiger partial charge in [0.2, 0.25) is 0 Å². The van der Waals surface area contributed by atoms with Crippen LogP contribution in [0.3, 0.4) is 0 Å². The molecule has 196 valence electrons. The van der Waals surface area contributed by atoms with Crippen LogP contribution >= 0.6 is 0 Å². The fourth-order valence-electron chi connectivity index (χ4n) is 5.38. The maximum absolute atomic E-state index is 13.6. The zero-order valence-electron chi connectivity index (χ0n) is 21.1. The van der Waals surface area contributed by atoms with Crippen molar-refractivity contribution >= 4 is 22.5 Å². The van der Waals surface area contributed by atoms with Crippen molar-refractivity contribution in [1.82, 2.24) is 25.0 Å². The SMILES string of the molecule is O=C(Nc1ccc(CN2CCCC2)cc1)c1n[nH]c2ccc(-c3cncc(CN4CCC(F)(F)C4)c3)cc12. The summed E-state index contributed by atoms with van der Waals surface area (Å²) in [6, 6.07) is 15.7. The second-order valence-corrected chi connectivity index (χ2v) is 10.4. The molecule has 2 aliphatic rings. The molecule has 0 radical (unpaired) electrons. The third kappa shape index (κ3) is 5.44. The Bertz CT molecular complexity index is 1450. The minimum Gasteiger partial charge on any atom is -0.321 e. The summed E-state index contributed by atoms with van der Waals surface area (Å²) in [5.74, 6) is -2.91. The van der Waals surface area contributed by atoms with Crippen molar-refractivity contribution in [2.24, 2.45) is 0 Å². The van der Waals surface area contributed by atoms with Crippen molar-refractivity contribution in [2.45, 2.75) is 38.3 Å². The molecule has 1 amide bonds. The molecule has 9 heteroatoms. The second-order valence-electron chi connectivity index (χ2n) is 10.4. The topological polar surface area (TPSA) is 77.1 Å². The lowest BCUT2D eigenvalue weighted by atomic mass is 10.0. The maximum Gasteiger partial charge on any atom is 0.276 e. The van der Waals surface area contributed by atoms with E-state index in [0.29, 0.717) is 24.2 Å². The summed E-state index contributed by atoms with van der Waals surface area (Å²) < 4.78 is 27.2. The molecule has 0 atom stereocenters. The van der Waals surface area contributed by atoms with E-state index in [0.717, 1.165) is 47.5 Å². The first kappa shape index (κ1) is 24.6.